The van der Waals surface area contributed by atoms with Gasteiger partial charge in [-0.3, -0.25) is 0 Å². The van der Waals surface area contributed by atoms with Crippen molar-refractivity contribution in [3.63, 3.8) is 0 Å². The molecule has 1 rings (SSSR count). The Morgan fingerprint density at radius 2 is 1.94 bits per heavy atom. The van der Waals surface area contributed by atoms with Crippen molar-refractivity contribution in [1.82, 2.24) is 5.32 Å². The van der Waals surface area contributed by atoms with Gasteiger partial charge in [0.05, 0.1) is 11.7 Å². The first kappa shape index (κ1) is 13.9. The van der Waals surface area contributed by atoms with E-state index in [1.807, 2.05) is 0 Å². The van der Waals surface area contributed by atoms with Crippen LogP contribution in [-0.2, 0) is 4.74 Å². The van der Waals surface area contributed by atoms with E-state index in [0.29, 0.717) is 12.6 Å². The summed E-state index contributed by atoms with van der Waals surface area (Å²) in [6.45, 7) is 7.90. The van der Waals surface area contributed by atoms with Crippen molar-refractivity contribution in [2.45, 2.75) is 70.6 Å². The Hall–Kier alpha value is -0.120. The third-order valence-electron chi connectivity index (χ3n) is 3.50. The second kappa shape index (κ2) is 6.58. The molecule has 1 heterocycles. The molecule has 2 N–H and O–H groups in total. The summed E-state index contributed by atoms with van der Waals surface area (Å²) < 4.78 is 5.51. The molecule has 0 bridgehead atoms. The molecule has 0 aromatic heterocycles. The van der Waals surface area contributed by atoms with Crippen LogP contribution in [0.2, 0.25) is 0 Å². The molecule has 2 atom stereocenters. The number of hydrogen-bond donors (Lipinski definition) is 2. The van der Waals surface area contributed by atoms with Crippen LogP contribution in [0.1, 0.15) is 52.9 Å². The SMILES string of the molecule is CCCC(O)(CCC)CNC1CCOC1C. The summed E-state index contributed by atoms with van der Waals surface area (Å²) >= 11 is 0. The molecule has 0 aromatic rings. The summed E-state index contributed by atoms with van der Waals surface area (Å²) in [5.41, 5.74) is -0.522. The van der Waals surface area contributed by atoms with Gasteiger partial charge in [0, 0.05) is 19.2 Å². The Morgan fingerprint density at radius 1 is 1.31 bits per heavy atom. The molecular weight excluding hydrogens is 202 g/mol. The van der Waals surface area contributed by atoms with Gasteiger partial charge in [-0.05, 0) is 26.2 Å². The van der Waals surface area contributed by atoms with Crippen LogP contribution in [0, 0.1) is 0 Å². The van der Waals surface area contributed by atoms with Crippen LogP contribution in [0.4, 0.5) is 0 Å². The smallest absolute Gasteiger partial charge is 0.0771 e. The van der Waals surface area contributed by atoms with Crippen LogP contribution < -0.4 is 5.32 Å². The third-order valence-corrected chi connectivity index (χ3v) is 3.50. The minimum Gasteiger partial charge on any atom is -0.389 e. The Balaban J connectivity index is 2.36. The second-order valence-corrected chi connectivity index (χ2v) is 5.08. The average molecular weight is 229 g/mol. The quantitative estimate of drug-likeness (QED) is 0.702. The van der Waals surface area contributed by atoms with E-state index < -0.39 is 5.60 Å². The molecule has 1 aliphatic rings. The molecule has 0 spiro atoms. The molecule has 0 amide bonds. The van der Waals surface area contributed by atoms with Gasteiger partial charge < -0.3 is 15.2 Å². The monoisotopic (exact) mass is 229 g/mol. The van der Waals surface area contributed by atoms with E-state index >= 15 is 0 Å². The number of hydrogen-bond acceptors (Lipinski definition) is 3. The number of ether oxygens (including phenoxy) is 1. The molecule has 0 aromatic carbocycles. The van der Waals surface area contributed by atoms with Crippen molar-refractivity contribution in [2.75, 3.05) is 13.2 Å². The molecule has 1 fully saturated rings. The summed E-state index contributed by atoms with van der Waals surface area (Å²) in [5, 5.41) is 13.9. The number of rotatable bonds is 7. The topological polar surface area (TPSA) is 41.5 Å². The van der Waals surface area contributed by atoms with E-state index in [4.69, 9.17) is 4.74 Å². The van der Waals surface area contributed by atoms with Gasteiger partial charge in [-0.2, -0.15) is 0 Å². The summed E-state index contributed by atoms with van der Waals surface area (Å²) in [5.74, 6) is 0. The zero-order valence-corrected chi connectivity index (χ0v) is 11.0. The molecule has 16 heavy (non-hydrogen) atoms. The first-order chi connectivity index (χ1) is 7.61. The van der Waals surface area contributed by atoms with Crippen LogP contribution in [0.5, 0.6) is 0 Å². The van der Waals surface area contributed by atoms with Crippen molar-refractivity contribution in [1.29, 1.82) is 0 Å². The summed E-state index contributed by atoms with van der Waals surface area (Å²) in [6, 6.07) is 0.417. The molecular formula is C13H27NO2. The van der Waals surface area contributed by atoms with Crippen LogP contribution in [-0.4, -0.2) is 36.0 Å². The average Bonchev–Trinajstić information content (AvgIpc) is 2.62. The highest BCUT2D eigenvalue weighted by Gasteiger charge is 2.29. The Labute approximate surface area is 99.6 Å². The highest BCUT2D eigenvalue weighted by atomic mass is 16.5. The Bertz CT molecular complexity index is 190. The fourth-order valence-electron chi connectivity index (χ4n) is 2.55. The zero-order valence-electron chi connectivity index (χ0n) is 11.0. The number of nitrogens with one attached hydrogen (secondary N) is 1. The zero-order chi connectivity index (χ0) is 12.0. The lowest BCUT2D eigenvalue weighted by Crippen LogP contribution is -2.46. The van der Waals surface area contributed by atoms with Crippen molar-refractivity contribution < 1.29 is 9.84 Å². The minimum absolute atomic E-state index is 0.285. The molecule has 2 unspecified atom stereocenters. The maximum absolute atomic E-state index is 10.5. The predicted octanol–water partition coefficient (Wildman–Crippen LogP) is 2.08. The maximum Gasteiger partial charge on any atom is 0.0771 e. The molecule has 0 saturated carbocycles. The highest BCUT2D eigenvalue weighted by molar-refractivity contribution is 4.86. The maximum atomic E-state index is 10.5. The summed E-state index contributed by atoms with van der Waals surface area (Å²) in [4.78, 5) is 0. The largest absolute Gasteiger partial charge is 0.389 e. The van der Waals surface area contributed by atoms with E-state index in [1.54, 1.807) is 0 Å². The second-order valence-electron chi connectivity index (χ2n) is 5.08. The van der Waals surface area contributed by atoms with Crippen molar-refractivity contribution in [3.8, 4) is 0 Å². The van der Waals surface area contributed by atoms with Gasteiger partial charge in [0.2, 0.25) is 0 Å². The Kier molecular flexibility index (Phi) is 5.73. The molecule has 0 aliphatic carbocycles. The molecule has 96 valence electrons. The van der Waals surface area contributed by atoms with Crippen LogP contribution >= 0.6 is 0 Å². The van der Waals surface area contributed by atoms with E-state index in [1.165, 1.54) is 0 Å². The minimum atomic E-state index is -0.522. The van der Waals surface area contributed by atoms with E-state index in [-0.39, 0.29) is 6.10 Å². The van der Waals surface area contributed by atoms with E-state index in [2.05, 4.69) is 26.1 Å². The van der Waals surface area contributed by atoms with Gasteiger partial charge in [0.25, 0.3) is 0 Å². The number of aliphatic hydroxyl groups is 1. The lowest BCUT2D eigenvalue weighted by molar-refractivity contribution is 0.0163. The summed E-state index contributed by atoms with van der Waals surface area (Å²) in [7, 11) is 0. The standard InChI is InChI=1S/C13H27NO2/c1-4-7-13(15,8-5-2)10-14-12-6-9-16-11(12)3/h11-12,14-15H,4-10H2,1-3H3. The first-order valence-corrected chi connectivity index (χ1v) is 6.68. The van der Waals surface area contributed by atoms with Gasteiger partial charge in [-0.1, -0.05) is 26.7 Å². The molecule has 3 nitrogen and oxygen atoms in total. The highest BCUT2D eigenvalue weighted by Crippen LogP contribution is 2.20. The molecule has 1 saturated heterocycles. The van der Waals surface area contributed by atoms with Crippen molar-refractivity contribution in [3.05, 3.63) is 0 Å². The lowest BCUT2D eigenvalue weighted by atomic mass is 9.92. The van der Waals surface area contributed by atoms with Gasteiger partial charge in [-0.25, -0.2) is 0 Å². The third kappa shape index (κ3) is 4.04. The van der Waals surface area contributed by atoms with Crippen molar-refractivity contribution >= 4 is 0 Å². The molecule has 0 radical (unpaired) electrons. The van der Waals surface area contributed by atoms with Gasteiger partial charge in [-0.15, -0.1) is 0 Å². The van der Waals surface area contributed by atoms with Crippen LogP contribution in [0.25, 0.3) is 0 Å². The fourth-order valence-corrected chi connectivity index (χ4v) is 2.55. The van der Waals surface area contributed by atoms with Gasteiger partial charge in [0.15, 0.2) is 0 Å². The molecule has 3 heteroatoms. The molecule has 1 aliphatic heterocycles. The van der Waals surface area contributed by atoms with Crippen molar-refractivity contribution in [2.24, 2.45) is 0 Å². The van der Waals surface area contributed by atoms with E-state index in [0.717, 1.165) is 38.7 Å². The fraction of sp³-hybridized carbons (Fsp3) is 1.00. The normalized spacial score (nSPS) is 26.2. The first-order valence-electron chi connectivity index (χ1n) is 6.68. The predicted molar refractivity (Wildman–Crippen MR) is 66.6 cm³/mol. The van der Waals surface area contributed by atoms with Crippen LogP contribution in [0.3, 0.4) is 0 Å². The van der Waals surface area contributed by atoms with Crippen LogP contribution in [0.15, 0.2) is 0 Å². The van der Waals surface area contributed by atoms with Gasteiger partial charge >= 0.3 is 0 Å². The lowest BCUT2D eigenvalue weighted by Gasteiger charge is -2.30. The Morgan fingerprint density at radius 3 is 2.38 bits per heavy atom. The van der Waals surface area contributed by atoms with E-state index in [9.17, 15) is 5.11 Å². The summed E-state index contributed by atoms with van der Waals surface area (Å²) in [6.07, 6.45) is 5.19. The van der Waals surface area contributed by atoms with Gasteiger partial charge in [0.1, 0.15) is 0 Å².